The predicted molar refractivity (Wildman–Crippen MR) is 75.0 cm³/mol. The Morgan fingerprint density at radius 3 is 2.84 bits per heavy atom. The van der Waals surface area contributed by atoms with Crippen molar-refractivity contribution in [2.24, 2.45) is 11.7 Å². The van der Waals surface area contributed by atoms with Crippen LogP contribution in [0.1, 0.15) is 25.8 Å². The molecule has 1 atom stereocenters. The smallest absolute Gasteiger partial charge is 0.227 e. The number of nitrogens with two attached hydrogens (primary N) is 1. The SMILES string of the molecule is CCOc1ccc(NC(=O)C(C)CCN)cc1CO. The number of nitrogens with one attached hydrogen (secondary N) is 1. The lowest BCUT2D eigenvalue weighted by atomic mass is 10.1. The summed E-state index contributed by atoms with van der Waals surface area (Å²) in [5.74, 6) is 0.436. The minimum atomic E-state index is -0.130. The van der Waals surface area contributed by atoms with Gasteiger partial charge in [0.1, 0.15) is 5.75 Å². The van der Waals surface area contributed by atoms with Crippen molar-refractivity contribution in [3.63, 3.8) is 0 Å². The van der Waals surface area contributed by atoms with Crippen LogP contribution >= 0.6 is 0 Å². The minimum absolute atomic E-state index is 0.0708. The second kappa shape index (κ2) is 7.76. The predicted octanol–water partition coefficient (Wildman–Crippen LogP) is 1.50. The lowest BCUT2D eigenvalue weighted by molar-refractivity contribution is -0.119. The highest BCUT2D eigenvalue weighted by Gasteiger charge is 2.13. The number of aliphatic hydroxyl groups is 1. The number of hydrogen-bond donors (Lipinski definition) is 3. The van der Waals surface area contributed by atoms with E-state index in [4.69, 9.17) is 10.5 Å². The van der Waals surface area contributed by atoms with Gasteiger partial charge in [0, 0.05) is 17.2 Å². The molecular weight excluding hydrogens is 244 g/mol. The first kappa shape index (κ1) is 15.5. The second-order valence-corrected chi connectivity index (χ2v) is 4.38. The molecule has 5 heteroatoms. The van der Waals surface area contributed by atoms with E-state index < -0.39 is 0 Å². The number of anilines is 1. The quantitative estimate of drug-likeness (QED) is 0.698. The third kappa shape index (κ3) is 4.54. The van der Waals surface area contributed by atoms with E-state index in [0.717, 1.165) is 0 Å². The number of carbonyl (C=O) groups is 1. The normalized spacial score (nSPS) is 12.0. The number of amides is 1. The van der Waals surface area contributed by atoms with Gasteiger partial charge in [-0.1, -0.05) is 6.92 Å². The van der Waals surface area contributed by atoms with Crippen molar-refractivity contribution < 1.29 is 14.6 Å². The molecule has 0 aliphatic rings. The Hall–Kier alpha value is -1.59. The van der Waals surface area contributed by atoms with Gasteiger partial charge in [0.25, 0.3) is 0 Å². The Morgan fingerprint density at radius 1 is 1.53 bits per heavy atom. The maximum atomic E-state index is 11.9. The van der Waals surface area contributed by atoms with Gasteiger partial charge in [0.2, 0.25) is 5.91 Å². The molecule has 1 unspecified atom stereocenters. The summed E-state index contributed by atoms with van der Waals surface area (Å²) in [5, 5.41) is 12.1. The highest BCUT2D eigenvalue weighted by atomic mass is 16.5. The van der Waals surface area contributed by atoms with Crippen LogP contribution in [0.5, 0.6) is 5.75 Å². The molecule has 106 valence electrons. The van der Waals surface area contributed by atoms with E-state index >= 15 is 0 Å². The van der Waals surface area contributed by atoms with E-state index in [0.29, 0.717) is 36.6 Å². The fourth-order valence-electron chi connectivity index (χ4n) is 1.72. The first-order valence-electron chi connectivity index (χ1n) is 6.49. The van der Waals surface area contributed by atoms with Crippen molar-refractivity contribution in [3.8, 4) is 5.75 Å². The standard InChI is InChI=1S/C14H22N2O3/c1-3-19-13-5-4-12(8-11(13)9-17)16-14(18)10(2)6-7-15/h4-5,8,10,17H,3,6-7,9,15H2,1-2H3,(H,16,18). The molecule has 0 spiro atoms. The van der Waals surface area contributed by atoms with Gasteiger partial charge in [0.05, 0.1) is 13.2 Å². The van der Waals surface area contributed by atoms with Gasteiger partial charge in [0.15, 0.2) is 0 Å². The molecule has 0 saturated heterocycles. The van der Waals surface area contributed by atoms with Crippen molar-refractivity contribution in [1.82, 2.24) is 0 Å². The molecule has 0 aliphatic heterocycles. The van der Waals surface area contributed by atoms with Gasteiger partial charge in [-0.05, 0) is 38.1 Å². The zero-order valence-electron chi connectivity index (χ0n) is 11.5. The van der Waals surface area contributed by atoms with Gasteiger partial charge >= 0.3 is 0 Å². The largest absolute Gasteiger partial charge is 0.494 e. The van der Waals surface area contributed by atoms with Crippen molar-refractivity contribution in [3.05, 3.63) is 23.8 Å². The average Bonchev–Trinajstić information content (AvgIpc) is 2.41. The minimum Gasteiger partial charge on any atom is -0.494 e. The van der Waals surface area contributed by atoms with Crippen LogP contribution < -0.4 is 15.8 Å². The van der Waals surface area contributed by atoms with Crippen LogP contribution in [0.25, 0.3) is 0 Å². The van der Waals surface area contributed by atoms with Gasteiger partial charge in [-0.15, -0.1) is 0 Å². The van der Waals surface area contributed by atoms with Gasteiger partial charge in [-0.2, -0.15) is 0 Å². The molecular formula is C14H22N2O3. The summed E-state index contributed by atoms with van der Waals surface area (Å²) < 4.78 is 5.38. The monoisotopic (exact) mass is 266 g/mol. The van der Waals surface area contributed by atoms with Crippen molar-refractivity contribution in [2.45, 2.75) is 26.9 Å². The van der Waals surface area contributed by atoms with Crippen molar-refractivity contribution in [2.75, 3.05) is 18.5 Å². The average molecular weight is 266 g/mol. The molecule has 0 radical (unpaired) electrons. The Morgan fingerprint density at radius 2 is 2.26 bits per heavy atom. The Balaban J connectivity index is 2.76. The number of hydrogen-bond acceptors (Lipinski definition) is 4. The molecule has 1 rings (SSSR count). The van der Waals surface area contributed by atoms with Crippen LogP contribution in [0.4, 0.5) is 5.69 Å². The lowest BCUT2D eigenvalue weighted by Gasteiger charge is -2.13. The molecule has 4 N–H and O–H groups in total. The molecule has 0 saturated carbocycles. The third-order valence-electron chi connectivity index (χ3n) is 2.85. The second-order valence-electron chi connectivity index (χ2n) is 4.38. The van der Waals surface area contributed by atoms with Crippen LogP contribution in [0.2, 0.25) is 0 Å². The summed E-state index contributed by atoms with van der Waals surface area (Å²) in [7, 11) is 0. The maximum Gasteiger partial charge on any atom is 0.227 e. The molecule has 1 amide bonds. The van der Waals surface area contributed by atoms with E-state index in [9.17, 15) is 9.90 Å². The number of ether oxygens (including phenoxy) is 1. The number of aliphatic hydroxyl groups excluding tert-OH is 1. The molecule has 0 heterocycles. The summed E-state index contributed by atoms with van der Waals surface area (Å²) >= 11 is 0. The topological polar surface area (TPSA) is 84.6 Å². The lowest BCUT2D eigenvalue weighted by Crippen LogP contribution is -2.22. The van der Waals surface area contributed by atoms with Crippen molar-refractivity contribution in [1.29, 1.82) is 0 Å². The number of carbonyl (C=O) groups excluding carboxylic acids is 1. The third-order valence-corrected chi connectivity index (χ3v) is 2.85. The van der Waals surface area contributed by atoms with Crippen molar-refractivity contribution >= 4 is 11.6 Å². The van der Waals surface area contributed by atoms with Gasteiger partial charge in [-0.3, -0.25) is 4.79 Å². The molecule has 1 aromatic rings. The highest BCUT2D eigenvalue weighted by molar-refractivity contribution is 5.92. The summed E-state index contributed by atoms with van der Waals surface area (Å²) in [4.78, 5) is 11.9. The zero-order chi connectivity index (χ0) is 14.3. The number of rotatable bonds is 7. The summed E-state index contributed by atoms with van der Waals surface area (Å²) in [5.41, 5.74) is 6.74. The van der Waals surface area contributed by atoms with Gasteiger partial charge < -0.3 is 20.9 Å². The Bertz CT molecular complexity index is 421. The van der Waals surface area contributed by atoms with E-state index in [1.807, 2.05) is 13.8 Å². The Labute approximate surface area is 113 Å². The van der Waals surface area contributed by atoms with Crippen LogP contribution in [-0.4, -0.2) is 24.2 Å². The fourth-order valence-corrected chi connectivity index (χ4v) is 1.72. The first-order valence-corrected chi connectivity index (χ1v) is 6.49. The van der Waals surface area contributed by atoms with Crippen LogP contribution in [0, 0.1) is 5.92 Å². The summed E-state index contributed by atoms with van der Waals surface area (Å²) in [6.45, 7) is 4.61. The molecule has 0 bridgehead atoms. The highest BCUT2D eigenvalue weighted by Crippen LogP contribution is 2.23. The fraction of sp³-hybridized carbons (Fsp3) is 0.500. The van der Waals surface area contributed by atoms with E-state index in [-0.39, 0.29) is 18.4 Å². The zero-order valence-corrected chi connectivity index (χ0v) is 11.5. The summed E-state index contributed by atoms with van der Waals surface area (Å²) in [6, 6.07) is 5.23. The summed E-state index contributed by atoms with van der Waals surface area (Å²) in [6.07, 6.45) is 0.649. The molecule has 1 aromatic carbocycles. The first-order chi connectivity index (χ1) is 9.12. The molecule has 0 fully saturated rings. The van der Waals surface area contributed by atoms with Crippen LogP contribution in [0.3, 0.4) is 0 Å². The van der Waals surface area contributed by atoms with Crippen LogP contribution in [0.15, 0.2) is 18.2 Å². The Kier molecular flexibility index (Phi) is 6.32. The van der Waals surface area contributed by atoms with E-state index in [1.165, 1.54) is 0 Å². The van der Waals surface area contributed by atoms with Gasteiger partial charge in [-0.25, -0.2) is 0 Å². The number of benzene rings is 1. The molecule has 5 nitrogen and oxygen atoms in total. The molecule has 19 heavy (non-hydrogen) atoms. The maximum absolute atomic E-state index is 11.9. The molecule has 0 aliphatic carbocycles. The van der Waals surface area contributed by atoms with Crippen LogP contribution in [-0.2, 0) is 11.4 Å². The molecule has 0 aromatic heterocycles. The van der Waals surface area contributed by atoms with E-state index in [1.54, 1.807) is 18.2 Å². The van der Waals surface area contributed by atoms with E-state index in [2.05, 4.69) is 5.32 Å².